The number of nitrogens with one attached hydrogen (secondary N) is 1. The molecule has 0 saturated heterocycles. The molecular formula is C15H16N2O3S. The number of hydroxylamine groups is 1. The van der Waals surface area contributed by atoms with Crippen molar-refractivity contribution in [2.45, 2.75) is 19.8 Å². The normalized spacial score (nSPS) is 14.0. The number of thiazole rings is 1. The predicted octanol–water partition coefficient (Wildman–Crippen LogP) is 3.03. The van der Waals surface area contributed by atoms with Crippen molar-refractivity contribution in [3.05, 3.63) is 34.8 Å². The highest BCUT2D eigenvalue weighted by atomic mass is 32.1. The second kappa shape index (κ2) is 5.83. The predicted molar refractivity (Wildman–Crippen MR) is 79.8 cm³/mol. The van der Waals surface area contributed by atoms with Gasteiger partial charge in [0.1, 0.15) is 15.6 Å². The van der Waals surface area contributed by atoms with Gasteiger partial charge in [0.05, 0.1) is 12.3 Å². The van der Waals surface area contributed by atoms with Crippen LogP contribution in [-0.4, -0.2) is 22.7 Å². The Morgan fingerprint density at radius 2 is 2.14 bits per heavy atom. The van der Waals surface area contributed by atoms with E-state index in [0.29, 0.717) is 10.6 Å². The molecule has 2 aromatic rings. The van der Waals surface area contributed by atoms with Crippen molar-refractivity contribution in [3.8, 4) is 16.3 Å². The van der Waals surface area contributed by atoms with E-state index in [0.717, 1.165) is 28.8 Å². The maximum atomic E-state index is 11.5. The number of aromatic nitrogens is 1. The fourth-order valence-corrected chi connectivity index (χ4v) is 2.94. The zero-order chi connectivity index (χ0) is 14.8. The average molecular weight is 304 g/mol. The van der Waals surface area contributed by atoms with Gasteiger partial charge in [-0.25, -0.2) is 10.5 Å². The quantitative estimate of drug-likeness (QED) is 0.658. The standard InChI is InChI=1S/C15H16N2O3S/c1-9-13(14(18)17-19)21-15(16-9)11-4-6-12(7-5-11)20-8-10-2-3-10/h4-7,10,19H,2-3,8H2,1H3,(H,17,18). The number of amides is 1. The Labute approximate surface area is 126 Å². The van der Waals surface area contributed by atoms with Gasteiger partial charge in [-0.1, -0.05) is 0 Å². The molecule has 0 aliphatic heterocycles. The average Bonchev–Trinajstić information content (AvgIpc) is 3.26. The molecule has 0 bridgehead atoms. The van der Waals surface area contributed by atoms with Gasteiger partial charge in [-0.3, -0.25) is 10.0 Å². The lowest BCUT2D eigenvalue weighted by Gasteiger charge is -2.05. The molecule has 21 heavy (non-hydrogen) atoms. The summed E-state index contributed by atoms with van der Waals surface area (Å²) < 4.78 is 5.69. The molecule has 0 radical (unpaired) electrons. The van der Waals surface area contributed by atoms with Gasteiger partial charge in [0, 0.05) is 5.56 Å². The van der Waals surface area contributed by atoms with Crippen LogP contribution in [0, 0.1) is 12.8 Å². The van der Waals surface area contributed by atoms with Crippen LogP contribution < -0.4 is 10.2 Å². The third-order valence-electron chi connectivity index (χ3n) is 3.39. The SMILES string of the molecule is Cc1nc(-c2ccc(OCC3CC3)cc2)sc1C(=O)NO. The van der Waals surface area contributed by atoms with Crippen LogP contribution in [0.4, 0.5) is 0 Å². The summed E-state index contributed by atoms with van der Waals surface area (Å²) in [5.74, 6) is 1.05. The lowest BCUT2D eigenvalue weighted by molar-refractivity contribution is 0.0710. The topological polar surface area (TPSA) is 71.5 Å². The molecular weight excluding hydrogens is 288 g/mol. The Kier molecular flexibility index (Phi) is 3.90. The smallest absolute Gasteiger partial charge is 0.286 e. The molecule has 5 nitrogen and oxygen atoms in total. The summed E-state index contributed by atoms with van der Waals surface area (Å²) in [7, 11) is 0. The van der Waals surface area contributed by atoms with E-state index in [1.54, 1.807) is 12.4 Å². The van der Waals surface area contributed by atoms with Crippen LogP contribution in [-0.2, 0) is 0 Å². The van der Waals surface area contributed by atoms with E-state index in [1.807, 2.05) is 24.3 Å². The molecule has 1 fully saturated rings. The zero-order valence-corrected chi connectivity index (χ0v) is 12.4. The number of hydrogen-bond donors (Lipinski definition) is 2. The van der Waals surface area contributed by atoms with Crippen LogP contribution in [0.5, 0.6) is 5.75 Å². The van der Waals surface area contributed by atoms with Crippen molar-refractivity contribution in [2.75, 3.05) is 6.61 Å². The molecule has 0 unspecified atom stereocenters. The Hall–Kier alpha value is -1.92. The number of aryl methyl sites for hydroxylation is 1. The van der Waals surface area contributed by atoms with E-state index < -0.39 is 5.91 Å². The van der Waals surface area contributed by atoms with E-state index >= 15 is 0 Å². The van der Waals surface area contributed by atoms with E-state index in [-0.39, 0.29) is 0 Å². The number of carbonyl (C=O) groups excluding carboxylic acids is 1. The molecule has 1 saturated carbocycles. The first kappa shape index (κ1) is 14.0. The molecule has 1 amide bonds. The fourth-order valence-electron chi connectivity index (χ4n) is 1.97. The minimum Gasteiger partial charge on any atom is -0.493 e. The van der Waals surface area contributed by atoms with Crippen LogP contribution in [0.3, 0.4) is 0 Å². The van der Waals surface area contributed by atoms with Gasteiger partial charge in [-0.2, -0.15) is 0 Å². The number of ether oxygens (including phenoxy) is 1. The van der Waals surface area contributed by atoms with Crippen LogP contribution in [0.25, 0.3) is 10.6 Å². The summed E-state index contributed by atoms with van der Waals surface area (Å²) in [5.41, 5.74) is 3.18. The molecule has 2 N–H and O–H groups in total. The van der Waals surface area contributed by atoms with Gasteiger partial charge in [0.25, 0.3) is 5.91 Å². The maximum Gasteiger partial charge on any atom is 0.286 e. The van der Waals surface area contributed by atoms with E-state index in [1.165, 1.54) is 24.2 Å². The molecule has 3 rings (SSSR count). The molecule has 1 aromatic carbocycles. The van der Waals surface area contributed by atoms with E-state index in [9.17, 15) is 4.79 Å². The summed E-state index contributed by atoms with van der Waals surface area (Å²) in [6.45, 7) is 2.54. The Balaban J connectivity index is 1.75. The van der Waals surface area contributed by atoms with Gasteiger partial charge >= 0.3 is 0 Å². The molecule has 1 aliphatic carbocycles. The highest BCUT2D eigenvalue weighted by Gasteiger charge is 2.22. The van der Waals surface area contributed by atoms with Crippen LogP contribution >= 0.6 is 11.3 Å². The minimum atomic E-state index is -0.527. The molecule has 1 heterocycles. The first-order valence-corrected chi connectivity index (χ1v) is 7.64. The minimum absolute atomic E-state index is 0.418. The third-order valence-corrected chi connectivity index (χ3v) is 4.59. The molecule has 6 heteroatoms. The molecule has 0 atom stereocenters. The summed E-state index contributed by atoms with van der Waals surface area (Å²) in [4.78, 5) is 16.3. The summed E-state index contributed by atoms with van der Waals surface area (Å²) in [5, 5.41) is 9.45. The van der Waals surface area contributed by atoms with Crippen LogP contribution in [0.2, 0.25) is 0 Å². The molecule has 1 aromatic heterocycles. The molecule has 1 aliphatic rings. The monoisotopic (exact) mass is 304 g/mol. The molecule has 0 spiro atoms. The third kappa shape index (κ3) is 3.22. The lowest BCUT2D eigenvalue weighted by atomic mass is 10.2. The van der Waals surface area contributed by atoms with Gasteiger partial charge in [0.2, 0.25) is 0 Å². The summed E-state index contributed by atoms with van der Waals surface area (Å²) in [6.07, 6.45) is 2.54. The van der Waals surface area contributed by atoms with Gasteiger partial charge in [-0.05, 0) is 49.9 Å². The second-order valence-electron chi connectivity index (χ2n) is 5.15. The Morgan fingerprint density at radius 1 is 1.43 bits per heavy atom. The zero-order valence-electron chi connectivity index (χ0n) is 11.6. The van der Waals surface area contributed by atoms with Gasteiger partial charge < -0.3 is 4.74 Å². The van der Waals surface area contributed by atoms with E-state index in [4.69, 9.17) is 9.94 Å². The number of nitrogens with zero attached hydrogens (tertiary/aromatic N) is 1. The maximum absolute atomic E-state index is 11.5. The van der Waals surface area contributed by atoms with Crippen LogP contribution in [0.1, 0.15) is 28.2 Å². The Bertz CT molecular complexity index is 647. The van der Waals surface area contributed by atoms with Gasteiger partial charge in [-0.15, -0.1) is 11.3 Å². The van der Waals surface area contributed by atoms with Crippen molar-refractivity contribution in [1.29, 1.82) is 0 Å². The van der Waals surface area contributed by atoms with Crippen molar-refractivity contribution in [2.24, 2.45) is 5.92 Å². The van der Waals surface area contributed by atoms with Crippen molar-refractivity contribution in [1.82, 2.24) is 10.5 Å². The summed E-state index contributed by atoms with van der Waals surface area (Å²) >= 11 is 1.26. The van der Waals surface area contributed by atoms with E-state index in [2.05, 4.69) is 4.98 Å². The van der Waals surface area contributed by atoms with Gasteiger partial charge in [0.15, 0.2) is 0 Å². The Morgan fingerprint density at radius 3 is 2.76 bits per heavy atom. The number of rotatable bonds is 5. The largest absolute Gasteiger partial charge is 0.493 e. The number of benzene rings is 1. The number of hydrogen-bond acceptors (Lipinski definition) is 5. The van der Waals surface area contributed by atoms with Crippen molar-refractivity contribution >= 4 is 17.2 Å². The first-order valence-electron chi connectivity index (χ1n) is 6.82. The highest BCUT2D eigenvalue weighted by Crippen LogP contribution is 2.31. The highest BCUT2D eigenvalue weighted by molar-refractivity contribution is 7.17. The number of carbonyl (C=O) groups is 1. The molecule has 110 valence electrons. The lowest BCUT2D eigenvalue weighted by Crippen LogP contribution is -2.18. The summed E-state index contributed by atoms with van der Waals surface area (Å²) in [6, 6.07) is 7.70. The van der Waals surface area contributed by atoms with Crippen molar-refractivity contribution in [3.63, 3.8) is 0 Å². The first-order chi connectivity index (χ1) is 10.2. The fraction of sp³-hybridized carbons (Fsp3) is 0.333. The van der Waals surface area contributed by atoms with Crippen molar-refractivity contribution < 1.29 is 14.7 Å². The second-order valence-corrected chi connectivity index (χ2v) is 6.15. The van der Waals surface area contributed by atoms with Crippen LogP contribution in [0.15, 0.2) is 24.3 Å².